The first-order valence-electron chi connectivity index (χ1n) is 8.97. The fraction of sp³-hybridized carbons (Fsp3) is 0.526. The van der Waals surface area contributed by atoms with Crippen molar-refractivity contribution in [2.45, 2.75) is 31.6 Å². The Hall–Kier alpha value is -2.57. The molecule has 0 bridgehead atoms. The molecule has 1 aliphatic heterocycles. The first-order chi connectivity index (χ1) is 12.6. The first kappa shape index (κ1) is 18.2. The Morgan fingerprint density at radius 2 is 2.27 bits per heavy atom. The number of rotatable bonds is 6. The quantitative estimate of drug-likeness (QED) is 0.790. The molecule has 3 heterocycles. The Bertz CT molecular complexity index is 744. The van der Waals surface area contributed by atoms with E-state index in [1.54, 1.807) is 13.2 Å². The summed E-state index contributed by atoms with van der Waals surface area (Å²) in [5.74, 6) is 2.59. The van der Waals surface area contributed by atoms with Crippen LogP contribution in [-0.4, -0.2) is 55.2 Å². The number of carbonyl (C=O) groups excluding carboxylic acids is 1. The Morgan fingerprint density at radius 1 is 1.42 bits per heavy atom. The maximum Gasteiger partial charge on any atom is 0.254 e. The molecule has 3 rings (SSSR count). The third kappa shape index (κ3) is 4.33. The Labute approximate surface area is 153 Å². The zero-order valence-electron chi connectivity index (χ0n) is 15.6. The number of ether oxygens (including phenoxy) is 1. The minimum absolute atomic E-state index is 0.159. The molecule has 0 N–H and O–H groups in total. The van der Waals surface area contributed by atoms with E-state index >= 15 is 0 Å². The summed E-state index contributed by atoms with van der Waals surface area (Å²) in [5.41, 5.74) is 1.25. The Morgan fingerprint density at radius 3 is 3.00 bits per heavy atom. The maximum absolute atomic E-state index is 12.6. The third-order valence-corrected chi connectivity index (χ3v) is 4.80. The van der Waals surface area contributed by atoms with Gasteiger partial charge in [-0.1, -0.05) is 0 Å². The summed E-state index contributed by atoms with van der Waals surface area (Å²) in [7, 11) is 5.52. The number of nitrogens with zero attached hydrogens (tertiary/aromatic N) is 4. The van der Waals surface area contributed by atoms with E-state index in [4.69, 9.17) is 9.26 Å². The van der Waals surface area contributed by atoms with Gasteiger partial charge < -0.3 is 19.1 Å². The number of aromatic nitrogens is 2. The lowest BCUT2D eigenvalue weighted by atomic mass is 9.91. The molecule has 1 atom stereocenters. The lowest BCUT2D eigenvalue weighted by Gasteiger charge is -2.33. The molecule has 1 saturated heterocycles. The van der Waals surface area contributed by atoms with Crippen molar-refractivity contribution in [3.8, 4) is 5.88 Å². The zero-order chi connectivity index (χ0) is 18.5. The van der Waals surface area contributed by atoms with Gasteiger partial charge in [-0.2, -0.15) is 0 Å². The molecular weight excluding hydrogens is 332 g/mol. The van der Waals surface area contributed by atoms with Crippen molar-refractivity contribution in [2.24, 2.45) is 0 Å². The van der Waals surface area contributed by atoms with Crippen molar-refractivity contribution in [3.63, 3.8) is 0 Å². The fourth-order valence-corrected chi connectivity index (χ4v) is 3.30. The van der Waals surface area contributed by atoms with Gasteiger partial charge in [0.25, 0.3) is 5.88 Å². The Balaban J connectivity index is 1.58. The standard InChI is InChI=1S/C19H26N4O3/c1-22(2)17-11-14(8-9-20-17)15-5-4-10-23(13-15)19(24)7-6-16-12-18(25-3)21-26-16/h8-9,11-12,15H,4-7,10,13H2,1-3H3. The lowest BCUT2D eigenvalue weighted by Crippen LogP contribution is -2.39. The van der Waals surface area contributed by atoms with Crippen LogP contribution in [0.4, 0.5) is 5.82 Å². The highest BCUT2D eigenvalue weighted by molar-refractivity contribution is 5.76. The average molecular weight is 358 g/mol. The number of hydrogen-bond acceptors (Lipinski definition) is 6. The van der Waals surface area contributed by atoms with Crippen molar-refractivity contribution < 1.29 is 14.1 Å². The van der Waals surface area contributed by atoms with Gasteiger partial charge in [0, 0.05) is 58.2 Å². The molecule has 2 aromatic heterocycles. The topological polar surface area (TPSA) is 71.7 Å². The normalized spacial score (nSPS) is 17.2. The zero-order valence-corrected chi connectivity index (χ0v) is 15.6. The first-order valence-corrected chi connectivity index (χ1v) is 8.97. The smallest absolute Gasteiger partial charge is 0.254 e. The van der Waals surface area contributed by atoms with Crippen LogP contribution in [0.5, 0.6) is 5.88 Å². The Kier molecular flexibility index (Phi) is 5.75. The highest BCUT2D eigenvalue weighted by Gasteiger charge is 2.25. The molecule has 0 aromatic carbocycles. The highest BCUT2D eigenvalue weighted by atomic mass is 16.5. The molecule has 26 heavy (non-hydrogen) atoms. The predicted molar refractivity (Wildman–Crippen MR) is 98.5 cm³/mol. The van der Waals surface area contributed by atoms with E-state index < -0.39 is 0 Å². The van der Waals surface area contributed by atoms with Crippen LogP contribution in [0.1, 0.15) is 36.5 Å². The molecule has 1 aliphatic rings. The average Bonchev–Trinajstić information content (AvgIpc) is 3.14. The number of anilines is 1. The fourth-order valence-electron chi connectivity index (χ4n) is 3.30. The maximum atomic E-state index is 12.6. The van der Waals surface area contributed by atoms with Crippen LogP contribution in [0.15, 0.2) is 28.9 Å². The van der Waals surface area contributed by atoms with Gasteiger partial charge in [0.2, 0.25) is 5.91 Å². The SMILES string of the molecule is COc1cc(CCC(=O)N2CCCC(c3ccnc(N(C)C)c3)C2)on1. The molecule has 0 aliphatic carbocycles. The minimum Gasteiger partial charge on any atom is -0.479 e. The molecule has 0 saturated carbocycles. The number of likely N-dealkylation sites (tertiary alicyclic amines) is 1. The van der Waals surface area contributed by atoms with Crippen LogP contribution in [0.2, 0.25) is 0 Å². The van der Waals surface area contributed by atoms with E-state index in [0.29, 0.717) is 30.4 Å². The summed E-state index contributed by atoms with van der Waals surface area (Å²) in [6.07, 6.45) is 4.93. The molecule has 7 heteroatoms. The molecule has 0 spiro atoms. The van der Waals surface area contributed by atoms with Crippen LogP contribution in [0.25, 0.3) is 0 Å². The second-order valence-electron chi connectivity index (χ2n) is 6.86. The largest absolute Gasteiger partial charge is 0.479 e. The molecular formula is C19H26N4O3. The minimum atomic E-state index is 0.159. The number of pyridine rings is 1. The molecule has 1 unspecified atom stereocenters. The van der Waals surface area contributed by atoms with Gasteiger partial charge >= 0.3 is 0 Å². The van der Waals surface area contributed by atoms with E-state index in [9.17, 15) is 4.79 Å². The number of piperidine rings is 1. The van der Waals surface area contributed by atoms with Crippen molar-refractivity contribution >= 4 is 11.7 Å². The third-order valence-electron chi connectivity index (χ3n) is 4.80. The summed E-state index contributed by atoms with van der Waals surface area (Å²) in [6.45, 7) is 1.58. The van der Waals surface area contributed by atoms with Gasteiger partial charge in [-0.3, -0.25) is 4.79 Å². The number of aryl methyl sites for hydroxylation is 1. The van der Waals surface area contributed by atoms with Crippen LogP contribution < -0.4 is 9.64 Å². The number of hydrogen-bond donors (Lipinski definition) is 0. The van der Waals surface area contributed by atoms with Crippen LogP contribution in [0, 0.1) is 0 Å². The molecule has 1 amide bonds. The van der Waals surface area contributed by atoms with Crippen molar-refractivity contribution in [2.75, 3.05) is 39.2 Å². The van der Waals surface area contributed by atoms with Gasteiger partial charge in [-0.15, -0.1) is 0 Å². The van der Waals surface area contributed by atoms with Crippen molar-refractivity contribution in [1.82, 2.24) is 15.0 Å². The number of amides is 1. The molecule has 2 aromatic rings. The van der Waals surface area contributed by atoms with Gasteiger partial charge in [-0.25, -0.2) is 4.98 Å². The van der Waals surface area contributed by atoms with Gasteiger partial charge in [0.05, 0.1) is 7.11 Å². The van der Waals surface area contributed by atoms with E-state index in [-0.39, 0.29) is 5.91 Å². The molecule has 7 nitrogen and oxygen atoms in total. The van der Waals surface area contributed by atoms with Gasteiger partial charge in [0.15, 0.2) is 0 Å². The summed E-state index contributed by atoms with van der Waals surface area (Å²) < 4.78 is 10.2. The van der Waals surface area contributed by atoms with Crippen molar-refractivity contribution in [1.29, 1.82) is 0 Å². The summed E-state index contributed by atoms with van der Waals surface area (Å²) >= 11 is 0. The van der Waals surface area contributed by atoms with E-state index in [0.717, 1.165) is 31.7 Å². The van der Waals surface area contributed by atoms with Crippen LogP contribution in [-0.2, 0) is 11.2 Å². The summed E-state index contributed by atoms with van der Waals surface area (Å²) in [5, 5.41) is 3.77. The predicted octanol–water partition coefficient (Wildman–Crippen LogP) is 2.48. The molecule has 0 radical (unpaired) electrons. The summed E-state index contributed by atoms with van der Waals surface area (Å²) in [6, 6.07) is 5.91. The molecule has 140 valence electrons. The number of methoxy groups -OCH3 is 1. The van der Waals surface area contributed by atoms with Crippen LogP contribution >= 0.6 is 0 Å². The van der Waals surface area contributed by atoms with Gasteiger partial charge in [-0.05, 0) is 35.7 Å². The highest BCUT2D eigenvalue weighted by Crippen LogP contribution is 2.28. The van der Waals surface area contributed by atoms with Gasteiger partial charge in [0.1, 0.15) is 11.6 Å². The second kappa shape index (κ2) is 8.21. The van der Waals surface area contributed by atoms with Crippen molar-refractivity contribution in [3.05, 3.63) is 35.7 Å². The van der Waals surface area contributed by atoms with E-state index in [1.807, 2.05) is 30.1 Å². The van der Waals surface area contributed by atoms with E-state index in [2.05, 4.69) is 22.3 Å². The monoisotopic (exact) mass is 358 g/mol. The summed E-state index contributed by atoms with van der Waals surface area (Å²) in [4.78, 5) is 21.0. The van der Waals surface area contributed by atoms with E-state index in [1.165, 1.54) is 5.56 Å². The molecule has 1 fully saturated rings. The number of carbonyl (C=O) groups is 1. The second-order valence-corrected chi connectivity index (χ2v) is 6.86. The lowest BCUT2D eigenvalue weighted by molar-refractivity contribution is -0.132. The van der Waals surface area contributed by atoms with Crippen LogP contribution in [0.3, 0.4) is 0 Å².